The molecule has 0 bridgehead atoms. The van der Waals surface area contributed by atoms with Crippen molar-refractivity contribution in [2.75, 3.05) is 7.05 Å². The normalized spacial score (nSPS) is 27.8. The van der Waals surface area contributed by atoms with E-state index in [1.165, 1.54) is 77.0 Å². The van der Waals surface area contributed by atoms with Crippen LogP contribution in [0.1, 0.15) is 90.9 Å². The van der Waals surface area contributed by atoms with Crippen molar-refractivity contribution in [2.24, 2.45) is 5.41 Å². The molecule has 0 spiro atoms. The van der Waals surface area contributed by atoms with E-state index in [-0.39, 0.29) is 0 Å². The minimum atomic E-state index is 0.649. The lowest BCUT2D eigenvalue weighted by Crippen LogP contribution is -2.23. The summed E-state index contributed by atoms with van der Waals surface area (Å²) in [5.41, 5.74) is 0.649. The Balaban J connectivity index is 1.94. The van der Waals surface area contributed by atoms with Crippen LogP contribution in [0.25, 0.3) is 0 Å². The molecule has 0 heterocycles. The summed E-state index contributed by atoms with van der Waals surface area (Å²) in [6.45, 7) is 4.80. The summed E-state index contributed by atoms with van der Waals surface area (Å²) < 4.78 is 0. The van der Waals surface area contributed by atoms with E-state index in [1.54, 1.807) is 0 Å². The summed E-state index contributed by atoms with van der Waals surface area (Å²) in [4.78, 5) is 0. The minimum Gasteiger partial charge on any atom is -0.317 e. The molecule has 1 aliphatic carbocycles. The van der Waals surface area contributed by atoms with Gasteiger partial charge < -0.3 is 5.32 Å². The van der Waals surface area contributed by atoms with E-state index in [9.17, 15) is 0 Å². The Labute approximate surface area is 115 Å². The van der Waals surface area contributed by atoms with Crippen molar-refractivity contribution in [3.8, 4) is 0 Å². The zero-order valence-electron chi connectivity index (χ0n) is 13.1. The van der Waals surface area contributed by atoms with Gasteiger partial charge in [0.05, 0.1) is 0 Å². The molecule has 0 aromatic rings. The molecule has 1 aliphatic rings. The molecule has 1 N–H and O–H groups in total. The van der Waals surface area contributed by atoms with Crippen molar-refractivity contribution >= 4 is 0 Å². The first-order valence-electron chi connectivity index (χ1n) is 8.37. The Kier molecular flexibility index (Phi) is 7.97. The summed E-state index contributed by atoms with van der Waals surface area (Å²) in [6.07, 6.45) is 17.3. The van der Waals surface area contributed by atoms with E-state index in [0.29, 0.717) is 5.41 Å². The van der Waals surface area contributed by atoms with Gasteiger partial charge in [-0.15, -0.1) is 0 Å². The van der Waals surface area contributed by atoms with Crippen molar-refractivity contribution < 1.29 is 0 Å². The summed E-state index contributed by atoms with van der Waals surface area (Å²) in [5, 5.41) is 3.45. The number of unbranched alkanes of at least 4 members (excludes halogenated alkanes) is 7. The molecule has 18 heavy (non-hydrogen) atoms. The zero-order valence-corrected chi connectivity index (χ0v) is 13.1. The molecular formula is C17H35N. The first-order chi connectivity index (χ1) is 8.70. The van der Waals surface area contributed by atoms with Crippen LogP contribution in [0.2, 0.25) is 0 Å². The molecule has 2 unspecified atom stereocenters. The molecule has 0 aliphatic heterocycles. The zero-order chi connectivity index (χ0) is 13.3. The predicted molar refractivity (Wildman–Crippen MR) is 82.0 cm³/mol. The third kappa shape index (κ3) is 6.22. The number of rotatable bonds is 10. The van der Waals surface area contributed by atoms with Crippen molar-refractivity contribution in [2.45, 2.75) is 96.9 Å². The molecular weight excluding hydrogens is 218 g/mol. The quantitative estimate of drug-likeness (QED) is 0.521. The maximum absolute atomic E-state index is 3.45. The Morgan fingerprint density at radius 3 is 2.17 bits per heavy atom. The van der Waals surface area contributed by atoms with Gasteiger partial charge in [0.2, 0.25) is 0 Å². The van der Waals surface area contributed by atoms with Gasteiger partial charge >= 0.3 is 0 Å². The largest absolute Gasteiger partial charge is 0.317 e. The van der Waals surface area contributed by atoms with Crippen LogP contribution in [-0.4, -0.2) is 13.1 Å². The van der Waals surface area contributed by atoms with Gasteiger partial charge in [-0.1, -0.05) is 65.2 Å². The molecule has 0 amide bonds. The van der Waals surface area contributed by atoms with Gasteiger partial charge in [0.25, 0.3) is 0 Å². The molecule has 0 radical (unpaired) electrons. The van der Waals surface area contributed by atoms with E-state index in [4.69, 9.17) is 0 Å². The van der Waals surface area contributed by atoms with Gasteiger partial charge in [-0.2, -0.15) is 0 Å². The average molecular weight is 253 g/mol. The number of hydrogen-bond acceptors (Lipinski definition) is 1. The van der Waals surface area contributed by atoms with Gasteiger partial charge in [0, 0.05) is 6.04 Å². The van der Waals surface area contributed by atoms with Gasteiger partial charge in [0.1, 0.15) is 0 Å². The molecule has 1 rings (SSSR count). The maximum atomic E-state index is 3.45. The Bertz CT molecular complexity index is 202. The molecule has 1 heteroatoms. The smallest absolute Gasteiger partial charge is 0.00694 e. The standard InChI is InChI=1S/C17H35N/c1-4-5-6-7-8-9-10-11-13-17(2)14-12-16(15-17)18-3/h16,18H,4-15H2,1-3H3. The third-order valence-electron chi connectivity index (χ3n) is 4.88. The van der Waals surface area contributed by atoms with E-state index in [1.807, 2.05) is 0 Å². The van der Waals surface area contributed by atoms with Crippen LogP contribution >= 0.6 is 0 Å². The summed E-state index contributed by atoms with van der Waals surface area (Å²) in [7, 11) is 2.12. The second-order valence-electron chi connectivity index (χ2n) is 6.76. The summed E-state index contributed by atoms with van der Waals surface area (Å²) in [6, 6.07) is 0.795. The van der Waals surface area contributed by atoms with Gasteiger partial charge in [-0.25, -0.2) is 0 Å². The van der Waals surface area contributed by atoms with Gasteiger partial charge in [0.15, 0.2) is 0 Å². The van der Waals surface area contributed by atoms with Crippen LogP contribution in [0.15, 0.2) is 0 Å². The second kappa shape index (κ2) is 8.96. The average Bonchev–Trinajstić information content (AvgIpc) is 2.75. The molecule has 2 atom stereocenters. The summed E-state index contributed by atoms with van der Waals surface area (Å²) in [5.74, 6) is 0. The van der Waals surface area contributed by atoms with E-state index in [0.717, 1.165) is 6.04 Å². The SMILES string of the molecule is CCCCCCCCCCC1(C)CCC(NC)C1. The Morgan fingerprint density at radius 1 is 1.00 bits per heavy atom. The van der Waals surface area contributed by atoms with Crippen molar-refractivity contribution in [3.63, 3.8) is 0 Å². The molecule has 108 valence electrons. The highest BCUT2D eigenvalue weighted by Crippen LogP contribution is 2.41. The molecule has 1 nitrogen and oxygen atoms in total. The van der Waals surface area contributed by atoms with Crippen LogP contribution in [0.4, 0.5) is 0 Å². The fourth-order valence-corrected chi connectivity index (χ4v) is 3.48. The third-order valence-corrected chi connectivity index (χ3v) is 4.88. The van der Waals surface area contributed by atoms with E-state index in [2.05, 4.69) is 26.2 Å². The summed E-state index contributed by atoms with van der Waals surface area (Å²) >= 11 is 0. The Morgan fingerprint density at radius 2 is 1.61 bits per heavy atom. The van der Waals surface area contributed by atoms with Crippen molar-refractivity contribution in [1.82, 2.24) is 5.32 Å². The lowest BCUT2D eigenvalue weighted by atomic mass is 9.83. The fourth-order valence-electron chi connectivity index (χ4n) is 3.48. The predicted octanol–water partition coefficient (Wildman–Crippen LogP) is 5.30. The van der Waals surface area contributed by atoms with Gasteiger partial charge in [-0.05, 0) is 38.1 Å². The molecule has 0 aromatic carbocycles. The van der Waals surface area contributed by atoms with Crippen LogP contribution in [0.3, 0.4) is 0 Å². The number of nitrogens with one attached hydrogen (secondary N) is 1. The highest BCUT2D eigenvalue weighted by atomic mass is 14.9. The lowest BCUT2D eigenvalue weighted by Gasteiger charge is -2.24. The monoisotopic (exact) mass is 253 g/mol. The van der Waals surface area contributed by atoms with Crippen molar-refractivity contribution in [1.29, 1.82) is 0 Å². The number of hydrogen-bond donors (Lipinski definition) is 1. The van der Waals surface area contributed by atoms with Crippen LogP contribution in [-0.2, 0) is 0 Å². The highest BCUT2D eigenvalue weighted by Gasteiger charge is 2.33. The highest BCUT2D eigenvalue weighted by molar-refractivity contribution is 4.88. The Hall–Kier alpha value is -0.0400. The first-order valence-corrected chi connectivity index (χ1v) is 8.37. The van der Waals surface area contributed by atoms with Crippen LogP contribution in [0.5, 0.6) is 0 Å². The van der Waals surface area contributed by atoms with Crippen LogP contribution in [0, 0.1) is 5.41 Å². The maximum Gasteiger partial charge on any atom is 0.00694 e. The van der Waals surface area contributed by atoms with E-state index < -0.39 is 0 Å². The molecule has 0 saturated heterocycles. The minimum absolute atomic E-state index is 0.649. The fraction of sp³-hybridized carbons (Fsp3) is 1.00. The first kappa shape index (κ1) is 16.0. The van der Waals surface area contributed by atoms with Crippen molar-refractivity contribution in [3.05, 3.63) is 0 Å². The lowest BCUT2D eigenvalue weighted by molar-refractivity contribution is 0.286. The second-order valence-corrected chi connectivity index (χ2v) is 6.76. The van der Waals surface area contributed by atoms with E-state index >= 15 is 0 Å². The molecule has 1 saturated carbocycles. The topological polar surface area (TPSA) is 12.0 Å². The van der Waals surface area contributed by atoms with Gasteiger partial charge in [-0.3, -0.25) is 0 Å². The molecule has 1 fully saturated rings. The molecule has 0 aromatic heterocycles. The van der Waals surface area contributed by atoms with Crippen LogP contribution < -0.4 is 5.32 Å².